The Hall–Kier alpha value is -0.312. The summed E-state index contributed by atoms with van der Waals surface area (Å²) in [4.78, 5) is 30.7. The van der Waals surface area contributed by atoms with Crippen molar-refractivity contribution in [1.29, 1.82) is 0 Å². The Morgan fingerprint density at radius 1 is 0.670 bits per heavy atom. The van der Waals surface area contributed by atoms with E-state index < -0.39 is 75.2 Å². The average molecular weight is 1570 g/mol. The van der Waals surface area contributed by atoms with Gasteiger partial charge in [-0.2, -0.15) is 0 Å². The van der Waals surface area contributed by atoms with Crippen molar-refractivity contribution in [3.63, 3.8) is 0 Å². The highest BCUT2D eigenvalue weighted by atomic mass is 127. The quantitative estimate of drug-likeness (QED) is 0.0220. The van der Waals surface area contributed by atoms with E-state index in [0.717, 1.165) is 54.3 Å². The molecule has 18 atom stereocenters. The van der Waals surface area contributed by atoms with Crippen molar-refractivity contribution in [1.82, 2.24) is 0 Å². The number of allylic oxidation sites excluding steroid dienone is 1. The van der Waals surface area contributed by atoms with E-state index in [9.17, 15) is 4.79 Å². The number of hydrogen-bond acceptors (Lipinski definition) is 11. The highest BCUT2D eigenvalue weighted by Crippen LogP contribution is 2.49. The molecule has 91 heavy (non-hydrogen) atoms. The molecule has 0 N–H and O–H groups in total. The van der Waals surface area contributed by atoms with Gasteiger partial charge >= 0.3 is 5.97 Å². The van der Waals surface area contributed by atoms with E-state index in [4.69, 9.17) is 41.4 Å². The van der Waals surface area contributed by atoms with Crippen LogP contribution in [0, 0.1) is 53.3 Å². The van der Waals surface area contributed by atoms with Gasteiger partial charge in [-0.05, 0) is 151 Å². The van der Waals surface area contributed by atoms with Crippen molar-refractivity contribution in [2.24, 2.45) is 53.3 Å². The molecule has 1 aromatic rings. The summed E-state index contributed by atoms with van der Waals surface area (Å²) in [5.41, 5.74) is 1.04. The van der Waals surface area contributed by atoms with Crippen LogP contribution in [0.25, 0.3) is 0 Å². The molecule has 0 aliphatic carbocycles. The third kappa shape index (κ3) is 23.7. The number of esters is 1. The molecule has 0 unspecified atom stereocenters. The second-order valence-electron chi connectivity index (χ2n) is 34.5. The van der Waals surface area contributed by atoms with Crippen molar-refractivity contribution in [3.05, 3.63) is 52.1 Å². The van der Waals surface area contributed by atoms with Gasteiger partial charge in [0.15, 0.2) is 39.1 Å². The molecule has 2 aliphatic heterocycles. The number of hydrogen-bond donors (Lipinski definition) is 0. The molecule has 1 spiro atoms. The molecular formula is C74H136I2O11Si4. The van der Waals surface area contributed by atoms with Crippen molar-refractivity contribution >= 4 is 90.2 Å². The van der Waals surface area contributed by atoms with Crippen LogP contribution in [0.4, 0.5) is 0 Å². The third-order valence-corrected chi connectivity index (χ3v) is 42.8. The van der Waals surface area contributed by atoms with Crippen LogP contribution in [-0.4, -0.2) is 111 Å². The van der Waals surface area contributed by atoms with Gasteiger partial charge in [0.25, 0.3) is 0 Å². The lowest BCUT2D eigenvalue weighted by Gasteiger charge is -2.52. The molecule has 0 amide bonds. The van der Waals surface area contributed by atoms with Gasteiger partial charge in [0.05, 0.1) is 50.3 Å². The Morgan fingerprint density at radius 2 is 1.14 bits per heavy atom. The molecule has 2 saturated heterocycles. The van der Waals surface area contributed by atoms with Gasteiger partial charge < -0.3 is 41.4 Å². The minimum absolute atomic E-state index is 0.00398. The fourth-order valence-corrected chi connectivity index (χ4v) is 19.2. The first-order chi connectivity index (χ1) is 41.5. The zero-order valence-electron chi connectivity index (χ0n) is 63.5. The molecule has 528 valence electrons. The van der Waals surface area contributed by atoms with Crippen molar-refractivity contribution in [2.45, 2.75) is 331 Å². The fraction of sp³-hybridized carbons (Fsp3) is 0.838. The molecule has 2 aliphatic rings. The van der Waals surface area contributed by atoms with Crippen LogP contribution in [0.15, 0.2) is 46.6 Å². The maximum absolute atomic E-state index is 16.0. The number of ketones is 1. The van der Waals surface area contributed by atoms with Crippen LogP contribution in [0.2, 0.25) is 72.5 Å². The Labute approximate surface area is 590 Å². The van der Waals surface area contributed by atoms with Crippen molar-refractivity contribution in [2.75, 3.05) is 11.5 Å². The number of rotatable bonds is 33. The largest absolute Gasteiger partial charge is 0.497 e. The fourth-order valence-electron chi connectivity index (χ4n) is 12.3. The molecule has 2 heterocycles. The van der Waals surface area contributed by atoms with Gasteiger partial charge in [-0.25, -0.2) is 4.79 Å². The summed E-state index contributed by atoms with van der Waals surface area (Å²) in [6.07, 6.45) is 9.39. The molecule has 3 rings (SSSR count). The summed E-state index contributed by atoms with van der Waals surface area (Å²) in [5.74, 6) is -1.28. The van der Waals surface area contributed by atoms with E-state index in [1.807, 2.05) is 25.1 Å². The van der Waals surface area contributed by atoms with E-state index in [1.165, 1.54) is 0 Å². The first kappa shape index (κ1) is 84.9. The molecule has 2 fully saturated rings. The first-order valence-electron chi connectivity index (χ1n) is 35.0. The lowest BCUT2D eigenvalue weighted by molar-refractivity contribution is -0.347. The summed E-state index contributed by atoms with van der Waals surface area (Å²) >= 11 is 4.84. The normalized spacial score (nSPS) is 25.3. The van der Waals surface area contributed by atoms with Crippen LogP contribution in [-0.2, 0) is 52.8 Å². The number of benzene rings is 1. The van der Waals surface area contributed by atoms with E-state index >= 15 is 4.79 Å². The Balaban J connectivity index is 2.16. The van der Waals surface area contributed by atoms with E-state index in [1.54, 1.807) is 13.2 Å². The zero-order valence-corrected chi connectivity index (χ0v) is 71.9. The lowest BCUT2D eigenvalue weighted by atomic mass is 9.76. The predicted octanol–water partition coefficient (Wildman–Crippen LogP) is 21.5. The molecule has 0 bridgehead atoms. The van der Waals surface area contributed by atoms with Gasteiger partial charge in [0.2, 0.25) is 0 Å². The van der Waals surface area contributed by atoms with Gasteiger partial charge in [-0.15, -0.1) is 0 Å². The first-order valence-corrected chi connectivity index (χ1v) is 49.4. The summed E-state index contributed by atoms with van der Waals surface area (Å²) in [6, 6.07) is 8.10. The zero-order chi connectivity index (χ0) is 70.0. The number of ether oxygens (including phenoxy) is 5. The van der Waals surface area contributed by atoms with Gasteiger partial charge in [-0.3, -0.25) is 4.79 Å². The second-order valence-corrected chi connectivity index (χ2v) is 55.1. The average Bonchev–Trinajstić information content (AvgIpc) is 0.818. The predicted molar refractivity (Wildman–Crippen MR) is 409 cm³/mol. The topological polar surface area (TPSA) is 117 Å². The van der Waals surface area contributed by atoms with Crippen LogP contribution in [0.5, 0.6) is 5.75 Å². The maximum Gasteiger partial charge on any atom is 0.330 e. The number of Topliss-reactive ketones (excluding diaryl/α,β-unsaturated/α-hetero) is 1. The number of methoxy groups -OCH3 is 1. The SMILES string of the molecule is CC[C@@H](/C=C/I)CC[C@@H]1O[C@]2(CC[C@H](C)[C@H](C[C@@H](C)O[Si](C)(C)C(C)(C)C)O2)C[C@H](OC(=O)/C=C/[C@H](C)[C@@H](O[Si](C)(C)C(C)(C)C)[C@H](C)C(=O)[C@H](C)[C@@H](O[Si](C)(C)C(C)(C)C)[C@H](C)[C@H](OCc2ccc(OC)cc2)[C@@H](C)[C@@H](O[Si](C)(C)C(C)(C)C)[C@H](C)CI)[C@@H]1C. The molecule has 17 heteroatoms. The lowest BCUT2D eigenvalue weighted by Crippen LogP contribution is -2.57. The minimum Gasteiger partial charge on any atom is -0.497 e. The summed E-state index contributed by atoms with van der Waals surface area (Å²) in [5, 5.41) is -0.212. The number of carbonyl (C=O) groups is 2. The van der Waals surface area contributed by atoms with Crippen LogP contribution >= 0.6 is 45.2 Å². The van der Waals surface area contributed by atoms with Crippen LogP contribution in [0.3, 0.4) is 0 Å². The smallest absolute Gasteiger partial charge is 0.330 e. The minimum atomic E-state index is -2.55. The maximum atomic E-state index is 16.0. The molecule has 1 aromatic carbocycles. The second kappa shape index (κ2) is 34.6. The van der Waals surface area contributed by atoms with Crippen LogP contribution in [0.1, 0.15) is 203 Å². The van der Waals surface area contributed by atoms with E-state index in [2.05, 4.69) is 265 Å². The Kier molecular flexibility index (Phi) is 32.3. The Bertz CT molecular complexity index is 2440. The molecular weight excluding hydrogens is 1430 g/mol. The van der Waals surface area contributed by atoms with Crippen molar-refractivity contribution in [3.8, 4) is 5.75 Å². The van der Waals surface area contributed by atoms with Gasteiger partial charge in [0.1, 0.15) is 17.6 Å². The third-order valence-electron chi connectivity index (χ3n) is 23.0. The number of alkyl halides is 1. The van der Waals surface area contributed by atoms with Crippen molar-refractivity contribution < 1.29 is 51.0 Å². The standard InChI is InChI=1S/C74H136I2O11Si4/c1-32-58(42-44-75)36-39-61-53(6)63(46-74(82-61)43-41-49(2)62(83-74)45-52(5)84-88(24,25)70(11,12)13)81-64(77)40-33-50(3)66(85-89(26,27)71(14,15)16)54(7)65(78)55(8)69(87-91(30,31)73(20,21)22)57(10)68(80-48-59-34-37-60(79-23)38-35-59)56(9)67(51(4)47-76)86-90(28,29)72(17,18)19/h33-35,37-38,40,42,44,49-58,61-63,66-69H,32,36,39,41,43,45-48H2,1-31H3/b40-33+,44-42+/t49-,50-,51+,52+,53+,54+,55-,56-,57+,58+,61-,62-,63-,66+,67-,68+,69+,74-/m0/s1. The highest BCUT2D eigenvalue weighted by molar-refractivity contribution is 14.1. The monoisotopic (exact) mass is 1570 g/mol. The number of halogens is 2. The molecule has 0 saturated carbocycles. The molecule has 11 nitrogen and oxygen atoms in total. The molecule has 0 aromatic heterocycles. The van der Waals surface area contributed by atoms with Crippen LogP contribution < -0.4 is 4.74 Å². The van der Waals surface area contributed by atoms with Gasteiger partial charge in [-0.1, -0.05) is 215 Å². The molecule has 0 radical (unpaired) electrons. The van der Waals surface area contributed by atoms with Gasteiger partial charge in [0, 0.05) is 65.0 Å². The summed E-state index contributed by atoms with van der Waals surface area (Å²) < 4.78 is 66.6. The summed E-state index contributed by atoms with van der Waals surface area (Å²) in [6.45, 7) is 68.1. The van der Waals surface area contributed by atoms with E-state index in [0.29, 0.717) is 24.9 Å². The summed E-state index contributed by atoms with van der Waals surface area (Å²) in [7, 11) is -7.68. The Morgan fingerprint density at radius 3 is 1.63 bits per heavy atom. The van der Waals surface area contributed by atoms with E-state index in [-0.39, 0.29) is 86.0 Å². The number of carbonyl (C=O) groups excluding carboxylic acids is 2. The highest BCUT2D eigenvalue weighted by Gasteiger charge is 2.54.